The molecule has 4 rings (SSSR count). The van der Waals surface area contributed by atoms with Gasteiger partial charge in [0.05, 0.1) is 24.4 Å². The lowest BCUT2D eigenvalue weighted by Crippen LogP contribution is -2.61. The Labute approximate surface area is 393 Å². The van der Waals surface area contributed by atoms with Crippen LogP contribution in [0.3, 0.4) is 0 Å². The molecule has 14 nitrogen and oxygen atoms in total. The van der Waals surface area contributed by atoms with Gasteiger partial charge in [-0.05, 0) is 113 Å². The number of nitrogens with zero attached hydrogens (tertiary/aromatic N) is 1. The molecule has 0 spiro atoms. The fourth-order valence-corrected chi connectivity index (χ4v) is 10.3. The van der Waals surface area contributed by atoms with Gasteiger partial charge in [0.15, 0.2) is 5.78 Å². The first-order valence-corrected chi connectivity index (χ1v) is 24.5. The number of piperidine rings is 1. The van der Waals surface area contributed by atoms with Crippen molar-refractivity contribution in [2.75, 3.05) is 27.9 Å². The van der Waals surface area contributed by atoms with Gasteiger partial charge in [-0.1, -0.05) is 71.1 Å². The van der Waals surface area contributed by atoms with Crippen LogP contribution in [0, 0.1) is 35.5 Å². The second-order valence-electron chi connectivity index (χ2n) is 19.8. The van der Waals surface area contributed by atoms with Crippen LogP contribution in [0.15, 0.2) is 47.6 Å². The van der Waals surface area contributed by atoms with Crippen LogP contribution in [0.25, 0.3) is 0 Å². The van der Waals surface area contributed by atoms with Crippen LogP contribution in [0.2, 0.25) is 0 Å². The third-order valence-electron chi connectivity index (χ3n) is 14.9. The fraction of sp³-hybridized carbons (Fsp3) is 0.750. The molecule has 3 heterocycles. The summed E-state index contributed by atoms with van der Waals surface area (Å²) in [7, 11) is 4.53. The van der Waals surface area contributed by atoms with Gasteiger partial charge < -0.3 is 43.9 Å². The van der Waals surface area contributed by atoms with Crippen LogP contribution in [0.4, 0.5) is 0 Å². The van der Waals surface area contributed by atoms with E-state index in [0.29, 0.717) is 63.4 Å². The second-order valence-corrected chi connectivity index (χ2v) is 19.8. The van der Waals surface area contributed by atoms with Crippen LogP contribution < -0.4 is 0 Å². The molecule has 3 aliphatic heterocycles. The lowest BCUT2D eigenvalue weighted by Gasteiger charge is -2.42. The van der Waals surface area contributed by atoms with E-state index < -0.39 is 83.9 Å². The number of aliphatic hydroxyl groups excluding tert-OH is 2. The molecule has 4 aliphatic rings. The molecule has 1 amide bonds. The minimum Gasteiger partial charge on any atom is -0.460 e. The lowest BCUT2D eigenvalue weighted by molar-refractivity contribution is -0.265. The third-order valence-corrected chi connectivity index (χ3v) is 14.9. The number of amides is 1. The van der Waals surface area contributed by atoms with E-state index in [4.69, 9.17) is 23.7 Å². The number of hydrogen-bond donors (Lipinski definition) is 3. The SMILES string of the molecule is CC[C@@H]1/C=C/C=C/C=C(\C)[C@@H](OC)C[C@@H]2CC[C@@H](C)[C@@](O)(O2)C(=O)C(=O)N2CCCC[C@H]2C(=O)O[C@H]([C@@H](C)C[C@@H]2CC[C@@H](O)[C@H](OC)C2)CC(=O)[C@H](C)/C=C(\C)[C@@H](O)[C@@H](OC)C(=O)[C@H](C)C1. The highest BCUT2D eigenvalue weighted by Gasteiger charge is 2.53. The first-order valence-electron chi connectivity index (χ1n) is 24.5. The molecule has 0 unspecified atom stereocenters. The molecular formula is C52H81NO13. The Bertz CT molecular complexity index is 1770. The standard InChI is InChI=1S/C52H81NO13/c1-11-37-18-14-12-13-17-31(2)43(62-8)29-39-22-20-36(7)52(61,66-39)49(58)50(59)53-24-16-15-19-40(53)51(60)65-44(33(4)26-38-21-23-41(54)45(28-38)63-9)30-42(55)32(3)25-34(5)46(56)48(64-10)47(57)35(6)27-37/h12-14,17-18,25,32-33,35-41,43-46,48,54,56,61H,11,15-16,19-24,26-30H2,1-10H3/b13-12+,18-14+,31-17+,34-25+/t32-,33+,35-,36-,37-,38+,39+,40+,41-,43+,44+,45-,46-,48-,52-/m1/s1. The van der Waals surface area contributed by atoms with E-state index in [0.717, 1.165) is 18.4 Å². The summed E-state index contributed by atoms with van der Waals surface area (Å²) in [6.45, 7) is 12.8. The van der Waals surface area contributed by atoms with Gasteiger partial charge in [-0.15, -0.1) is 0 Å². The highest BCUT2D eigenvalue weighted by Crippen LogP contribution is 2.38. The van der Waals surface area contributed by atoms with Crippen molar-refractivity contribution >= 4 is 29.2 Å². The molecule has 1 saturated carbocycles. The predicted molar refractivity (Wildman–Crippen MR) is 250 cm³/mol. The van der Waals surface area contributed by atoms with Gasteiger partial charge in [0.1, 0.15) is 30.1 Å². The number of carbonyl (C=O) groups is 5. The van der Waals surface area contributed by atoms with Crippen LogP contribution in [0.1, 0.15) is 132 Å². The molecule has 0 aromatic heterocycles. The zero-order valence-electron chi connectivity index (χ0n) is 41.3. The van der Waals surface area contributed by atoms with Crippen molar-refractivity contribution in [1.29, 1.82) is 0 Å². The lowest BCUT2D eigenvalue weighted by atomic mass is 9.78. The fourth-order valence-electron chi connectivity index (χ4n) is 10.3. The van der Waals surface area contributed by atoms with Gasteiger partial charge in [-0.25, -0.2) is 4.79 Å². The Morgan fingerprint density at radius 2 is 1.59 bits per heavy atom. The van der Waals surface area contributed by atoms with Crippen LogP contribution in [0.5, 0.6) is 0 Å². The zero-order chi connectivity index (χ0) is 48.9. The molecule has 0 aromatic carbocycles. The Morgan fingerprint density at radius 3 is 2.26 bits per heavy atom. The van der Waals surface area contributed by atoms with Gasteiger partial charge in [-0.3, -0.25) is 19.2 Å². The van der Waals surface area contributed by atoms with Crippen molar-refractivity contribution in [1.82, 2.24) is 4.90 Å². The molecule has 2 saturated heterocycles. The molecule has 3 fully saturated rings. The highest BCUT2D eigenvalue weighted by molar-refractivity contribution is 6.39. The minimum absolute atomic E-state index is 0.0702. The van der Waals surface area contributed by atoms with Gasteiger partial charge in [0, 0.05) is 58.5 Å². The number of fused-ring (bicyclic) bond motifs is 3. The average Bonchev–Trinajstić information content (AvgIpc) is 3.30. The van der Waals surface area contributed by atoms with E-state index in [2.05, 4.69) is 13.0 Å². The maximum absolute atomic E-state index is 14.4. The number of carbonyl (C=O) groups excluding carboxylic acids is 5. The Morgan fingerprint density at radius 1 is 0.864 bits per heavy atom. The highest BCUT2D eigenvalue weighted by atomic mass is 16.6. The van der Waals surface area contributed by atoms with Crippen LogP contribution in [-0.2, 0) is 47.7 Å². The van der Waals surface area contributed by atoms with Crippen molar-refractivity contribution < 1.29 is 63.0 Å². The van der Waals surface area contributed by atoms with Crippen molar-refractivity contribution in [2.45, 2.75) is 186 Å². The Kier molecular flexibility index (Phi) is 21.6. The summed E-state index contributed by atoms with van der Waals surface area (Å²) in [5.41, 5.74) is 1.27. The van der Waals surface area contributed by atoms with Gasteiger partial charge >= 0.3 is 5.97 Å². The zero-order valence-corrected chi connectivity index (χ0v) is 41.3. The number of allylic oxidation sites excluding steroid dienone is 6. The van der Waals surface area contributed by atoms with E-state index in [1.165, 1.54) is 12.0 Å². The van der Waals surface area contributed by atoms with E-state index in [1.54, 1.807) is 41.1 Å². The number of Topliss-reactive ketones (excluding diaryl/α,β-unsaturated/α-hetero) is 3. The molecule has 66 heavy (non-hydrogen) atoms. The minimum atomic E-state index is -2.43. The second kappa shape index (κ2) is 25.8. The molecular weight excluding hydrogens is 847 g/mol. The van der Waals surface area contributed by atoms with Crippen molar-refractivity contribution in [3.05, 3.63) is 47.6 Å². The van der Waals surface area contributed by atoms with Crippen LogP contribution in [-0.4, -0.2) is 132 Å². The van der Waals surface area contributed by atoms with E-state index >= 15 is 0 Å². The van der Waals surface area contributed by atoms with Crippen molar-refractivity contribution in [3.63, 3.8) is 0 Å². The number of esters is 1. The number of methoxy groups -OCH3 is 3. The van der Waals surface area contributed by atoms with Gasteiger partial charge in [-0.2, -0.15) is 0 Å². The summed E-state index contributed by atoms with van der Waals surface area (Å²) < 4.78 is 29.4. The number of ether oxygens (including phenoxy) is 5. The van der Waals surface area contributed by atoms with E-state index in [9.17, 15) is 39.3 Å². The normalized spacial score (nSPS) is 40.0. The van der Waals surface area contributed by atoms with E-state index in [-0.39, 0.29) is 54.8 Å². The first-order chi connectivity index (χ1) is 31.3. The number of ketones is 3. The van der Waals surface area contributed by atoms with Gasteiger partial charge in [0.25, 0.3) is 11.7 Å². The Hall–Kier alpha value is -3.37. The maximum atomic E-state index is 14.4. The maximum Gasteiger partial charge on any atom is 0.329 e. The van der Waals surface area contributed by atoms with E-state index in [1.807, 2.05) is 45.1 Å². The smallest absolute Gasteiger partial charge is 0.329 e. The molecule has 2 bridgehead atoms. The molecule has 0 radical (unpaired) electrons. The summed E-state index contributed by atoms with van der Waals surface area (Å²) in [5, 5.41) is 33.9. The number of cyclic esters (lactones) is 1. The molecule has 3 N–H and O–H groups in total. The molecule has 14 heteroatoms. The first kappa shape index (κ1) is 55.2. The topological polar surface area (TPSA) is 195 Å². The average molecular weight is 928 g/mol. The number of aliphatic hydroxyl groups is 3. The molecule has 15 atom stereocenters. The number of rotatable bonds is 7. The summed E-state index contributed by atoms with van der Waals surface area (Å²) in [6.07, 6.45) is 12.1. The van der Waals surface area contributed by atoms with Crippen molar-refractivity contribution in [3.8, 4) is 0 Å². The molecule has 0 aromatic rings. The van der Waals surface area contributed by atoms with Gasteiger partial charge in [0.2, 0.25) is 5.79 Å². The molecule has 372 valence electrons. The summed E-state index contributed by atoms with van der Waals surface area (Å²) in [6, 6.07) is -1.14. The Balaban J connectivity index is 1.71. The summed E-state index contributed by atoms with van der Waals surface area (Å²) >= 11 is 0. The largest absolute Gasteiger partial charge is 0.460 e. The third kappa shape index (κ3) is 14.3. The molecule has 1 aliphatic carbocycles. The monoisotopic (exact) mass is 928 g/mol. The van der Waals surface area contributed by atoms with Crippen LogP contribution >= 0.6 is 0 Å². The summed E-state index contributed by atoms with van der Waals surface area (Å²) in [4.78, 5) is 72.0. The summed E-state index contributed by atoms with van der Waals surface area (Å²) in [5.74, 6) is -7.89. The van der Waals surface area contributed by atoms with Crippen molar-refractivity contribution in [2.24, 2.45) is 35.5 Å². The predicted octanol–water partition coefficient (Wildman–Crippen LogP) is 6.57. The quantitative estimate of drug-likeness (QED) is 0.141. The number of hydrogen-bond acceptors (Lipinski definition) is 13.